The van der Waals surface area contributed by atoms with Gasteiger partial charge in [0.05, 0.1) is 11.4 Å². The topological polar surface area (TPSA) is 25.8 Å². The third-order valence-electron chi connectivity index (χ3n) is 9.66. The van der Waals surface area contributed by atoms with E-state index in [4.69, 9.17) is 9.97 Å². The highest BCUT2D eigenvalue weighted by molar-refractivity contribution is 6.25. The average molecular weight is 575 g/mol. The number of aromatic nitrogens is 2. The summed E-state index contributed by atoms with van der Waals surface area (Å²) in [6.07, 6.45) is 0. The molecule has 0 bridgehead atoms. The minimum Gasteiger partial charge on any atom is -0.228 e. The van der Waals surface area contributed by atoms with E-state index in [0.29, 0.717) is 0 Å². The Bertz CT molecular complexity index is 2400. The molecule has 45 heavy (non-hydrogen) atoms. The Morgan fingerprint density at radius 3 is 1.60 bits per heavy atom. The minimum absolute atomic E-state index is 0.211. The van der Waals surface area contributed by atoms with E-state index in [1.165, 1.54) is 60.1 Å². The van der Waals surface area contributed by atoms with Crippen molar-refractivity contribution >= 4 is 32.3 Å². The second-order valence-electron chi connectivity index (χ2n) is 12.6. The van der Waals surface area contributed by atoms with Crippen LogP contribution in [0.15, 0.2) is 146 Å². The highest BCUT2D eigenvalue weighted by Gasteiger charge is 2.39. The summed E-state index contributed by atoms with van der Waals surface area (Å²) >= 11 is 0. The van der Waals surface area contributed by atoms with Gasteiger partial charge in [-0.05, 0) is 55.1 Å². The van der Waals surface area contributed by atoms with E-state index < -0.39 is 0 Å². The van der Waals surface area contributed by atoms with Gasteiger partial charge in [0.2, 0.25) is 0 Å². The van der Waals surface area contributed by atoms with Gasteiger partial charge in [0, 0.05) is 27.7 Å². The number of hydrogen-bond donors (Lipinski definition) is 0. The molecule has 1 aliphatic carbocycles. The molecule has 0 saturated heterocycles. The number of nitrogens with zero attached hydrogens (tertiary/aromatic N) is 2. The molecule has 0 unspecified atom stereocenters. The summed E-state index contributed by atoms with van der Waals surface area (Å²) in [5.41, 5.74) is 10.1. The molecule has 7 aromatic carbocycles. The van der Waals surface area contributed by atoms with Crippen LogP contribution in [0.25, 0.3) is 77.3 Å². The fraction of sp³-hybridized carbons (Fsp3) is 0.0698. The van der Waals surface area contributed by atoms with Crippen molar-refractivity contribution in [2.75, 3.05) is 0 Å². The van der Waals surface area contributed by atoms with Crippen LogP contribution >= 0.6 is 0 Å². The molecule has 0 radical (unpaired) electrons. The Labute approximate surface area is 262 Å². The monoisotopic (exact) mass is 574 g/mol. The summed E-state index contributed by atoms with van der Waals surface area (Å²) in [5.74, 6) is 0.759. The second kappa shape index (κ2) is 9.70. The molecule has 0 aliphatic heterocycles. The smallest absolute Gasteiger partial charge is 0.160 e. The highest BCUT2D eigenvalue weighted by Crippen LogP contribution is 2.51. The normalized spacial score (nSPS) is 13.3. The van der Waals surface area contributed by atoms with Gasteiger partial charge in [0.25, 0.3) is 0 Å². The first-order valence-corrected chi connectivity index (χ1v) is 15.6. The predicted octanol–water partition coefficient (Wildman–Crippen LogP) is 11.2. The van der Waals surface area contributed by atoms with Crippen LogP contribution < -0.4 is 0 Å². The molecule has 0 N–H and O–H groups in total. The lowest BCUT2D eigenvalue weighted by Gasteiger charge is -2.24. The summed E-state index contributed by atoms with van der Waals surface area (Å²) in [7, 11) is 0. The Hall–Kier alpha value is -5.60. The maximum absolute atomic E-state index is 5.26. The van der Waals surface area contributed by atoms with Gasteiger partial charge in [-0.3, -0.25) is 0 Å². The molecule has 0 atom stereocenters. The zero-order valence-corrected chi connectivity index (χ0v) is 25.3. The first kappa shape index (κ1) is 25.9. The third kappa shape index (κ3) is 3.89. The van der Waals surface area contributed by atoms with Gasteiger partial charge < -0.3 is 0 Å². The zero-order valence-electron chi connectivity index (χ0n) is 25.3. The molecular formula is C43H30N2. The lowest BCUT2D eigenvalue weighted by atomic mass is 9.80. The summed E-state index contributed by atoms with van der Waals surface area (Å²) < 4.78 is 0. The molecule has 0 saturated carbocycles. The van der Waals surface area contributed by atoms with Crippen LogP contribution in [0.2, 0.25) is 0 Å². The molecular weight excluding hydrogens is 544 g/mol. The van der Waals surface area contributed by atoms with Crippen LogP contribution in [-0.4, -0.2) is 9.97 Å². The van der Waals surface area contributed by atoms with Crippen LogP contribution in [0.4, 0.5) is 0 Å². The van der Waals surface area contributed by atoms with Gasteiger partial charge in [-0.25, -0.2) is 9.97 Å². The maximum atomic E-state index is 5.26. The Morgan fingerprint density at radius 2 is 0.911 bits per heavy atom. The molecule has 8 aromatic rings. The van der Waals surface area contributed by atoms with Crippen molar-refractivity contribution in [1.29, 1.82) is 0 Å². The molecule has 9 rings (SSSR count). The molecule has 212 valence electrons. The van der Waals surface area contributed by atoms with Crippen molar-refractivity contribution in [3.05, 3.63) is 157 Å². The predicted molar refractivity (Wildman–Crippen MR) is 188 cm³/mol. The van der Waals surface area contributed by atoms with E-state index in [-0.39, 0.29) is 5.41 Å². The van der Waals surface area contributed by atoms with Crippen molar-refractivity contribution < 1.29 is 0 Å². The highest BCUT2D eigenvalue weighted by atomic mass is 14.9. The van der Waals surface area contributed by atoms with E-state index in [0.717, 1.165) is 28.3 Å². The lowest BCUT2D eigenvalue weighted by Crippen LogP contribution is -2.17. The Balaban J connectivity index is 1.21. The second-order valence-corrected chi connectivity index (χ2v) is 12.6. The maximum Gasteiger partial charge on any atom is 0.160 e. The zero-order chi connectivity index (χ0) is 30.1. The van der Waals surface area contributed by atoms with E-state index in [1.807, 2.05) is 18.2 Å². The van der Waals surface area contributed by atoms with Crippen molar-refractivity contribution in [2.45, 2.75) is 19.3 Å². The average Bonchev–Trinajstić information content (AvgIpc) is 3.34. The lowest BCUT2D eigenvalue weighted by molar-refractivity contribution is 0.658. The number of benzene rings is 7. The van der Waals surface area contributed by atoms with E-state index >= 15 is 0 Å². The van der Waals surface area contributed by atoms with Crippen molar-refractivity contribution in [1.82, 2.24) is 9.97 Å². The van der Waals surface area contributed by atoms with Crippen LogP contribution in [-0.2, 0) is 5.41 Å². The number of hydrogen-bond acceptors (Lipinski definition) is 2. The summed E-state index contributed by atoms with van der Waals surface area (Å²) in [6.45, 7) is 4.59. The molecule has 1 aliphatic rings. The van der Waals surface area contributed by atoms with Gasteiger partial charge >= 0.3 is 0 Å². The Morgan fingerprint density at radius 1 is 0.400 bits per heavy atom. The molecule has 2 heteroatoms. The molecule has 1 heterocycles. The van der Waals surface area contributed by atoms with Gasteiger partial charge in [-0.2, -0.15) is 0 Å². The largest absolute Gasteiger partial charge is 0.228 e. The summed E-state index contributed by atoms with van der Waals surface area (Å²) in [5, 5.41) is 7.75. The summed E-state index contributed by atoms with van der Waals surface area (Å²) in [4.78, 5) is 10.4. The van der Waals surface area contributed by atoms with Crippen LogP contribution in [0.5, 0.6) is 0 Å². The van der Waals surface area contributed by atoms with Gasteiger partial charge in [-0.1, -0.05) is 153 Å². The fourth-order valence-corrected chi connectivity index (χ4v) is 7.45. The van der Waals surface area contributed by atoms with Crippen molar-refractivity contribution in [2.24, 2.45) is 0 Å². The fourth-order valence-electron chi connectivity index (χ4n) is 7.45. The Kier molecular flexibility index (Phi) is 5.58. The first-order chi connectivity index (χ1) is 22.1. The molecule has 1 aromatic heterocycles. The molecule has 0 fully saturated rings. The number of fused-ring (bicyclic) bond motifs is 9. The van der Waals surface area contributed by atoms with E-state index in [2.05, 4.69) is 141 Å². The number of rotatable bonds is 3. The first-order valence-electron chi connectivity index (χ1n) is 15.6. The molecule has 2 nitrogen and oxygen atoms in total. The molecule has 0 amide bonds. The van der Waals surface area contributed by atoms with Crippen LogP contribution in [0, 0.1) is 0 Å². The van der Waals surface area contributed by atoms with Gasteiger partial charge in [0.15, 0.2) is 5.82 Å². The van der Waals surface area contributed by atoms with Crippen molar-refractivity contribution in [3.63, 3.8) is 0 Å². The van der Waals surface area contributed by atoms with Crippen molar-refractivity contribution in [3.8, 4) is 45.0 Å². The minimum atomic E-state index is -0.211. The van der Waals surface area contributed by atoms with Gasteiger partial charge in [0.1, 0.15) is 0 Å². The quantitative estimate of drug-likeness (QED) is 0.196. The van der Waals surface area contributed by atoms with E-state index in [9.17, 15) is 0 Å². The van der Waals surface area contributed by atoms with Gasteiger partial charge in [-0.15, -0.1) is 0 Å². The third-order valence-corrected chi connectivity index (χ3v) is 9.66. The SMILES string of the molecule is CC1(C)c2ccccc2-c2nc(-c3ccccc3)nc(-c3ccc(-c4ccc5c6ccccc6c6ccccc6c5c4)cc3)c21. The standard InChI is InChI=1S/C43H30N2/c1-43(2)38-19-11-10-18-36(38)41-39(43)40(44-42(45-41)29-12-4-3-5-13-29)28-22-20-27(21-23-28)30-24-25-35-33-16-7-6-14-31(33)32-15-8-9-17-34(32)37(35)26-30/h3-26H,1-2H3. The van der Waals surface area contributed by atoms with E-state index in [1.54, 1.807) is 0 Å². The summed E-state index contributed by atoms with van der Waals surface area (Å²) in [6, 6.07) is 52.3. The van der Waals surface area contributed by atoms with Crippen LogP contribution in [0.1, 0.15) is 25.0 Å². The van der Waals surface area contributed by atoms with Crippen LogP contribution in [0.3, 0.4) is 0 Å². The molecule has 0 spiro atoms.